The number of benzene rings is 2. The average molecular weight is 537 g/mol. The van der Waals surface area contributed by atoms with Crippen LogP contribution >= 0.6 is 34.2 Å². The summed E-state index contributed by atoms with van der Waals surface area (Å²) in [4.78, 5) is 17.2. The van der Waals surface area contributed by atoms with Crippen LogP contribution < -0.4 is 5.73 Å². The van der Waals surface area contributed by atoms with Crippen LogP contribution in [0, 0.1) is 22.3 Å². The SMILES string of the molecule is CCC(C)C(=O)C1CCC(c2ccc(Cl)c(C(N)=Nc3cc(I)ccc3C)c2)CC1. The zero-order valence-corrected chi connectivity index (χ0v) is 20.8. The minimum absolute atomic E-state index is 0.175. The van der Waals surface area contributed by atoms with Crippen molar-refractivity contribution in [3.05, 3.63) is 61.7 Å². The Bertz CT molecular complexity index is 948. The van der Waals surface area contributed by atoms with Gasteiger partial charge >= 0.3 is 0 Å². The highest BCUT2D eigenvalue weighted by molar-refractivity contribution is 14.1. The van der Waals surface area contributed by atoms with Crippen LogP contribution in [0.15, 0.2) is 41.4 Å². The van der Waals surface area contributed by atoms with E-state index in [1.165, 1.54) is 5.56 Å². The van der Waals surface area contributed by atoms with Crippen LogP contribution in [-0.4, -0.2) is 11.6 Å². The minimum atomic E-state index is 0.175. The molecule has 0 aliphatic heterocycles. The van der Waals surface area contributed by atoms with E-state index in [-0.39, 0.29) is 11.8 Å². The Hall–Kier alpha value is -1.40. The van der Waals surface area contributed by atoms with Crippen molar-refractivity contribution in [1.82, 2.24) is 0 Å². The van der Waals surface area contributed by atoms with Gasteiger partial charge in [0.25, 0.3) is 0 Å². The van der Waals surface area contributed by atoms with E-state index in [1.807, 2.05) is 25.1 Å². The lowest BCUT2D eigenvalue weighted by molar-refractivity contribution is -0.127. The highest BCUT2D eigenvalue weighted by Crippen LogP contribution is 2.38. The molecule has 2 aromatic carbocycles. The summed E-state index contributed by atoms with van der Waals surface area (Å²) in [5.41, 5.74) is 10.3. The quantitative estimate of drug-likeness (QED) is 0.241. The number of aryl methyl sites for hydroxylation is 1. The van der Waals surface area contributed by atoms with Crippen molar-refractivity contribution in [2.75, 3.05) is 0 Å². The van der Waals surface area contributed by atoms with Gasteiger partial charge < -0.3 is 5.73 Å². The van der Waals surface area contributed by atoms with Crippen molar-refractivity contribution < 1.29 is 4.79 Å². The van der Waals surface area contributed by atoms with Gasteiger partial charge in [0, 0.05) is 21.0 Å². The largest absolute Gasteiger partial charge is 0.383 e. The molecule has 1 aliphatic rings. The number of Topliss-reactive ketones (excluding diaryl/α,β-unsaturated/α-hetero) is 1. The van der Waals surface area contributed by atoms with Crippen molar-refractivity contribution >= 4 is 51.5 Å². The summed E-state index contributed by atoms with van der Waals surface area (Å²) in [5, 5.41) is 0.615. The van der Waals surface area contributed by atoms with Crippen molar-refractivity contribution in [2.45, 2.75) is 58.8 Å². The second-order valence-electron chi connectivity index (χ2n) is 8.43. The molecule has 3 nitrogen and oxygen atoms in total. The average Bonchev–Trinajstić information content (AvgIpc) is 2.75. The van der Waals surface area contributed by atoms with E-state index in [0.717, 1.165) is 52.5 Å². The molecule has 2 N–H and O–H groups in total. The Morgan fingerprint density at radius 1 is 1.20 bits per heavy atom. The lowest BCUT2D eigenvalue weighted by atomic mass is 9.75. The van der Waals surface area contributed by atoms with Gasteiger partial charge in [-0.05, 0) is 103 Å². The third-order valence-electron chi connectivity index (χ3n) is 6.38. The first kappa shape index (κ1) is 23.3. The molecular weight excluding hydrogens is 507 g/mol. The van der Waals surface area contributed by atoms with Crippen LogP contribution in [0.4, 0.5) is 5.69 Å². The van der Waals surface area contributed by atoms with E-state index in [2.05, 4.69) is 59.6 Å². The second kappa shape index (κ2) is 10.3. The highest BCUT2D eigenvalue weighted by atomic mass is 127. The Morgan fingerprint density at radius 2 is 1.90 bits per heavy atom. The smallest absolute Gasteiger partial charge is 0.138 e. The molecule has 30 heavy (non-hydrogen) atoms. The molecule has 0 bridgehead atoms. The van der Waals surface area contributed by atoms with Crippen LogP contribution in [0.5, 0.6) is 0 Å². The van der Waals surface area contributed by atoms with E-state index in [0.29, 0.717) is 22.6 Å². The zero-order chi connectivity index (χ0) is 21.8. The van der Waals surface area contributed by atoms with Gasteiger partial charge in [-0.3, -0.25) is 4.79 Å². The number of halogens is 2. The highest BCUT2D eigenvalue weighted by Gasteiger charge is 2.29. The minimum Gasteiger partial charge on any atom is -0.383 e. The van der Waals surface area contributed by atoms with Gasteiger partial charge in [-0.2, -0.15) is 0 Å². The van der Waals surface area contributed by atoms with Crippen LogP contribution in [0.1, 0.15) is 68.6 Å². The second-order valence-corrected chi connectivity index (χ2v) is 10.1. The standard InChI is InChI=1S/C25H30ClIN2O/c1-4-15(2)24(30)18-8-6-17(7-9-18)19-10-12-22(26)21(13-19)25(28)29-23-14-20(27)11-5-16(23)3/h5,10-15,17-18H,4,6-9H2,1-3H3,(H2,28,29). The van der Waals surface area contributed by atoms with E-state index >= 15 is 0 Å². The molecule has 0 aromatic heterocycles. The van der Waals surface area contributed by atoms with Crippen LogP contribution in [0.3, 0.4) is 0 Å². The molecule has 0 radical (unpaired) electrons. The number of aliphatic imine (C=N–C) groups is 1. The fraction of sp³-hybridized carbons (Fsp3) is 0.440. The van der Waals surface area contributed by atoms with Crippen LogP contribution in [0.25, 0.3) is 0 Å². The van der Waals surface area contributed by atoms with Gasteiger partial charge in [0.05, 0.1) is 10.7 Å². The van der Waals surface area contributed by atoms with Gasteiger partial charge in [-0.1, -0.05) is 37.6 Å². The lowest BCUT2D eigenvalue weighted by Gasteiger charge is -2.29. The first-order valence-corrected chi connectivity index (χ1v) is 12.2. The summed E-state index contributed by atoms with van der Waals surface area (Å²) in [6, 6.07) is 12.2. The first-order valence-electron chi connectivity index (χ1n) is 10.7. The number of amidine groups is 1. The fourth-order valence-electron chi connectivity index (χ4n) is 4.20. The van der Waals surface area contributed by atoms with E-state index in [4.69, 9.17) is 17.3 Å². The summed E-state index contributed by atoms with van der Waals surface area (Å²) < 4.78 is 1.12. The van der Waals surface area contributed by atoms with Gasteiger partial charge in [0.2, 0.25) is 0 Å². The summed E-state index contributed by atoms with van der Waals surface area (Å²) in [7, 11) is 0. The Morgan fingerprint density at radius 3 is 2.57 bits per heavy atom. The Kier molecular flexibility index (Phi) is 7.97. The predicted molar refractivity (Wildman–Crippen MR) is 135 cm³/mol. The molecule has 0 saturated heterocycles. The number of hydrogen-bond donors (Lipinski definition) is 1. The van der Waals surface area contributed by atoms with Crippen molar-refractivity contribution in [2.24, 2.45) is 22.6 Å². The number of ketones is 1. The molecule has 0 spiro atoms. The number of hydrogen-bond acceptors (Lipinski definition) is 2. The van der Waals surface area contributed by atoms with Crippen molar-refractivity contribution in [1.29, 1.82) is 0 Å². The van der Waals surface area contributed by atoms with Crippen molar-refractivity contribution in [3.8, 4) is 0 Å². The molecule has 1 aliphatic carbocycles. The third kappa shape index (κ3) is 5.44. The number of rotatable bonds is 6. The van der Waals surface area contributed by atoms with E-state index < -0.39 is 0 Å². The maximum atomic E-state index is 12.5. The van der Waals surface area contributed by atoms with Crippen molar-refractivity contribution in [3.63, 3.8) is 0 Å². The molecule has 3 rings (SSSR count). The zero-order valence-electron chi connectivity index (χ0n) is 17.9. The molecule has 1 unspecified atom stereocenters. The summed E-state index contributed by atoms with van der Waals surface area (Å²) in [5.74, 6) is 1.71. The maximum absolute atomic E-state index is 12.5. The molecule has 1 fully saturated rings. The van der Waals surface area contributed by atoms with Gasteiger partial charge in [0.15, 0.2) is 0 Å². The van der Waals surface area contributed by atoms with Gasteiger partial charge in [-0.25, -0.2) is 4.99 Å². The Balaban J connectivity index is 1.78. The molecule has 0 heterocycles. The summed E-state index contributed by atoms with van der Waals surface area (Å²) >= 11 is 8.75. The maximum Gasteiger partial charge on any atom is 0.138 e. The van der Waals surface area contributed by atoms with E-state index in [1.54, 1.807) is 0 Å². The fourth-order valence-corrected chi connectivity index (χ4v) is 4.89. The Labute approximate surface area is 198 Å². The summed E-state index contributed by atoms with van der Waals surface area (Å²) in [6.07, 6.45) is 4.92. The summed E-state index contributed by atoms with van der Waals surface area (Å²) in [6.45, 7) is 6.17. The van der Waals surface area contributed by atoms with E-state index in [9.17, 15) is 4.79 Å². The normalized spacial score (nSPS) is 20.8. The molecular formula is C25H30ClIN2O. The number of nitrogens with two attached hydrogens (primary N) is 1. The topological polar surface area (TPSA) is 55.5 Å². The van der Waals surface area contributed by atoms with Crippen LogP contribution in [0.2, 0.25) is 5.02 Å². The number of nitrogens with zero attached hydrogens (tertiary/aromatic N) is 1. The lowest BCUT2D eigenvalue weighted by Crippen LogP contribution is -2.25. The molecule has 2 aromatic rings. The van der Waals surface area contributed by atoms with Gasteiger partial charge in [0.1, 0.15) is 11.6 Å². The number of carbonyl (C=O) groups excluding carboxylic acids is 1. The monoisotopic (exact) mass is 536 g/mol. The molecule has 1 atom stereocenters. The first-order chi connectivity index (χ1) is 14.3. The number of carbonyl (C=O) groups is 1. The molecule has 0 amide bonds. The molecule has 160 valence electrons. The van der Waals surface area contributed by atoms with Crippen LogP contribution in [-0.2, 0) is 4.79 Å². The molecule has 1 saturated carbocycles. The third-order valence-corrected chi connectivity index (χ3v) is 7.38. The molecule has 5 heteroatoms. The predicted octanol–water partition coefficient (Wildman–Crippen LogP) is 7.18. The van der Waals surface area contributed by atoms with Gasteiger partial charge in [-0.15, -0.1) is 0 Å².